The van der Waals surface area contributed by atoms with Crippen molar-refractivity contribution in [3.05, 3.63) is 70.7 Å². The van der Waals surface area contributed by atoms with Gasteiger partial charge in [-0.25, -0.2) is 0 Å². The number of nitrogens with one attached hydrogen (secondary N) is 1. The first-order valence-electron chi connectivity index (χ1n) is 9.34. The lowest BCUT2D eigenvalue weighted by atomic mass is 10.0. The average molecular weight is 442 g/mol. The van der Waals surface area contributed by atoms with E-state index in [0.29, 0.717) is 24.8 Å². The Balaban J connectivity index is 1.44. The van der Waals surface area contributed by atoms with E-state index < -0.39 is 0 Å². The van der Waals surface area contributed by atoms with Crippen molar-refractivity contribution in [3.8, 4) is 11.5 Å². The molecule has 4 nitrogen and oxygen atoms in total. The van der Waals surface area contributed by atoms with Gasteiger partial charge in [0.15, 0.2) is 6.61 Å². The fourth-order valence-electron chi connectivity index (χ4n) is 2.86. The molecule has 0 heterocycles. The zero-order valence-electron chi connectivity index (χ0n) is 16.1. The largest absolute Gasteiger partial charge is 0.491 e. The Hall–Kier alpha value is -2.53. The topological polar surface area (TPSA) is 47.6 Å². The molecular formula is C23H24BrNO3. The van der Waals surface area contributed by atoms with Crippen LogP contribution in [0.25, 0.3) is 10.8 Å². The summed E-state index contributed by atoms with van der Waals surface area (Å²) in [5.41, 5.74) is 1.22. The second kappa shape index (κ2) is 9.60. The van der Waals surface area contributed by atoms with Crippen LogP contribution >= 0.6 is 15.9 Å². The summed E-state index contributed by atoms with van der Waals surface area (Å²) in [6.45, 7) is 5.05. The number of rotatable bonds is 8. The van der Waals surface area contributed by atoms with Gasteiger partial charge < -0.3 is 14.8 Å². The molecule has 5 heteroatoms. The number of carbonyl (C=O) groups is 1. The molecule has 0 atom stereocenters. The summed E-state index contributed by atoms with van der Waals surface area (Å²) in [7, 11) is 0. The van der Waals surface area contributed by atoms with E-state index in [9.17, 15) is 4.79 Å². The molecule has 0 fully saturated rings. The van der Waals surface area contributed by atoms with Crippen LogP contribution in [0, 0.1) is 0 Å². The molecule has 1 N–H and O–H groups in total. The molecule has 1 amide bonds. The van der Waals surface area contributed by atoms with Crippen molar-refractivity contribution in [3.63, 3.8) is 0 Å². The molecular weight excluding hydrogens is 418 g/mol. The monoisotopic (exact) mass is 441 g/mol. The summed E-state index contributed by atoms with van der Waals surface area (Å²) in [4.78, 5) is 12.0. The summed E-state index contributed by atoms with van der Waals surface area (Å²) in [6.07, 6.45) is 0. The number of hydrogen-bond donors (Lipinski definition) is 1. The Morgan fingerprint density at radius 1 is 1.00 bits per heavy atom. The average Bonchev–Trinajstić information content (AvgIpc) is 2.70. The molecule has 28 heavy (non-hydrogen) atoms. The standard InChI is InChI=1S/C23H24BrNO3/c1-16(2)18-10-11-22(20(24)14-18)28-15-23(26)25-12-13-27-21-9-5-7-17-6-3-4-8-19(17)21/h3-11,14,16H,12-13,15H2,1-2H3,(H,25,26). The zero-order chi connectivity index (χ0) is 19.9. The van der Waals surface area contributed by atoms with Crippen molar-refractivity contribution in [2.75, 3.05) is 19.8 Å². The van der Waals surface area contributed by atoms with Crippen LogP contribution in [0.5, 0.6) is 11.5 Å². The van der Waals surface area contributed by atoms with Crippen molar-refractivity contribution in [1.82, 2.24) is 5.32 Å². The Kier molecular flexibility index (Phi) is 6.93. The molecule has 3 aromatic carbocycles. The van der Waals surface area contributed by atoms with Gasteiger partial charge >= 0.3 is 0 Å². The molecule has 0 saturated carbocycles. The van der Waals surface area contributed by atoms with Crippen molar-refractivity contribution in [2.45, 2.75) is 19.8 Å². The van der Waals surface area contributed by atoms with Crippen LogP contribution in [-0.4, -0.2) is 25.7 Å². The Morgan fingerprint density at radius 2 is 1.79 bits per heavy atom. The predicted molar refractivity (Wildman–Crippen MR) is 116 cm³/mol. The smallest absolute Gasteiger partial charge is 0.258 e. The highest BCUT2D eigenvalue weighted by molar-refractivity contribution is 9.10. The Labute approximate surface area is 174 Å². The number of amides is 1. The molecule has 0 spiro atoms. The van der Waals surface area contributed by atoms with Crippen molar-refractivity contribution >= 4 is 32.6 Å². The molecule has 0 aliphatic heterocycles. The fourth-order valence-corrected chi connectivity index (χ4v) is 3.37. The number of halogens is 1. The van der Waals surface area contributed by atoms with E-state index >= 15 is 0 Å². The van der Waals surface area contributed by atoms with Crippen molar-refractivity contribution in [2.24, 2.45) is 0 Å². The van der Waals surface area contributed by atoms with Crippen LogP contribution in [0.4, 0.5) is 0 Å². The predicted octanol–water partition coefficient (Wildman–Crippen LogP) is 5.30. The second-order valence-corrected chi connectivity index (χ2v) is 7.66. The van der Waals surface area contributed by atoms with Crippen molar-refractivity contribution in [1.29, 1.82) is 0 Å². The Morgan fingerprint density at radius 3 is 2.57 bits per heavy atom. The van der Waals surface area contributed by atoms with Gasteiger partial charge in [-0.05, 0) is 51.0 Å². The van der Waals surface area contributed by atoms with Crippen LogP contribution in [-0.2, 0) is 4.79 Å². The maximum Gasteiger partial charge on any atom is 0.258 e. The first kappa shape index (κ1) is 20.2. The molecule has 0 aliphatic carbocycles. The van der Waals surface area contributed by atoms with Gasteiger partial charge in [0, 0.05) is 5.39 Å². The van der Waals surface area contributed by atoms with Gasteiger partial charge in [0.05, 0.1) is 11.0 Å². The van der Waals surface area contributed by atoms with Crippen LogP contribution in [0.2, 0.25) is 0 Å². The molecule has 3 rings (SSSR count). The van der Waals surface area contributed by atoms with Crippen LogP contribution in [0.15, 0.2) is 65.1 Å². The molecule has 0 radical (unpaired) electrons. The van der Waals surface area contributed by atoms with Crippen molar-refractivity contribution < 1.29 is 14.3 Å². The lowest BCUT2D eigenvalue weighted by Crippen LogP contribution is -2.32. The van der Waals surface area contributed by atoms with E-state index in [4.69, 9.17) is 9.47 Å². The normalized spacial score (nSPS) is 10.9. The van der Waals surface area contributed by atoms with Crippen LogP contribution in [0.3, 0.4) is 0 Å². The molecule has 0 aliphatic rings. The summed E-state index contributed by atoms with van der Waals surface area (Å²) in [5.74, 6) is 1.74. The highest BCUT2D eigenvalue weighted by Crippen LogP contribution is 2.29. The van der Waals surface area contributed by atoms with Gasteiger partial charge in [-0.15, -0.1) is 0 Å². The maximum absolute atomic E-state index is 12.0. The van der Waals surface area contributed by atoms with E-state index in [1.54, 1.807) is 0 Å². The minimum absolute atomic E-state index is 0.0338. The maximum atomic E-state index is 12.0. The van der Waals surface area contributed by atoms with Gasteiger partial charge in [0.2, 0.25) is 0 Å². The second-order valence-electron chi connectivity index (χ2n) is 6.81. The lowest BCUT2D eigenvalue weighted by Gasteiger charge is -2.12. The molecule has 0 saturated heterocycles. The third-order valence-corrected chi connectivity index (χ3v) is 5.03. The van der Waals surface area contributed by atoms with Gasteiger partial charge in [0.25, 0.3) is 5.91 Å². The van der Waals surface area contributed by atoms with E-state index in [-0.39, 0.29) is 12.5 Å². The van der Waals surface area contributed by atoms with E-state index in [1.165, 1.54) is 5.56 Å². The number of benzene rings is 3. The Bertz CT molecular complexity index is 950. The van der Waals surface area contributed by atoms with Gasteiger partial charge in [-0.3, -0.25) is 4.79 Å². The summed E-state index contributed by atoms with van der Waals surface area (Å²) >= 11 is 3.50. The highest BCUT2D eigenvalue weighted by atomic mass is 79.9. The summed E-state index contributed by atoms with van der Waals surface area (Å²) in [6, 6.07) is 19.9. The van der Waals surface area contributed by atoms with Gasteiger partial charge in [-0.2, -0.15) is 0 Å². The van der Waals surface area contributed by atoms with E-state index in [0.717, 1.165) is 21.0 Å². The fraction of sp³-hybridized carbons (Fsp3) is 0.261. The van der Waals surface area contributed by atoms with Crippen LogP contribution in [0.1, 0.15) is 25.3 Å². The lowest BCUT2D eigenvalue weighted by molar-refractivity contribution is -0.123. The quantitative estimate of drug-likeness (QED) is 0.482. The van der Waals surface area contributed by atoms with Gasteiger partial charge in [0.1, 0.15) is 18.1 Å². The number of hydrogen-bond acceptors (Lipinski definition) is 3. The molecule has 0 bridgehead atoms. The molecule has 0 unspecified atom stereocenters. The van der Waals surface area contributed by atoms with Gasteiger partial charge in [-0.1, -0.05) is 56.3 Å². The third kappa shape index (κ3) is 5.26. The molecule has 0 aromatic heterocycles. The SMILES string of the molecule is CC(C)c1ccc(OCC(=O)NCCOc2cccc3ccccc23)c(Br)c1. The first-order chi connectivity index (χ1) is 13.5. The number of ether oxygens (including phenoxy) is 2. The number of fused-ring (bicyclic) bond motifs is 1. The minimum atomic E-state index is -0.179. The van der Waals surface area contributed by atoms with E-state index in [1.807, 2.05) is 60.7 Å². The third-order valence-electron chi connectivity index (χ3n) is 4.41. The summed E-state index contributed by atoms with van der Waals surface area (Å²) in [5, 5.41) is 5.01. The highest BCUT2D eigenvalue weighted by Gasteiger charge is 2.08. The van der Waals surface area contributed by atoms with E-state index in [2.05, 4.69) is 35.1 Å². The number of carbonyl (C=O) groups excluding carboxylic acids is 1. The molecule has 3 aromatic rings. The zero-order valence-corrected chi connectivity index (χ0v) is 17.7. The minimum Gasteiger partial charge on any atom is -0.491 e. The summed E-state index contributed by atoms with van der Waals surface area (Å²) < 4.78 is 12.3. The van der Waals surface area contributed by atoms with Crippen LogP contribution < -0.4 is 14.8 Å². The first-order valence-corrected chi connectivity index (χ1v) is 10.1. The molecule has 146 valence electrons.